The average molecular weight is 419 g/mol. The molecular formula is C26H42O4. The molecule has 2 aliphatic rings. The van der Waals surface area contributed by atoms with Crippen LogP contribution in [0.1, 0.15) is 103 Å². The van der Waals surface area contributed by atoms with E-state index < -0.39 is 0 Å². The molecule has 0 aromatic heterocycles. The van der Waals surface area contributed by atoms with E-state index in [9.17, 15) is 5.26 Å². The van der Waals surface area contributed by atoms with E-state index in [4.69, 9.17) is 14.7 Å². The zero-order valence-electron chi connectivity index (χ0n) is 19.1. The number of hydrogen-bond acceptors (Lipinski definition) is 4. The molecule has 2 saturated carbocycles. The molecule has 2 fully saturated rings. The maximum absolute atomic E-state index is 9.55. The van der Waals surface area contributed by atoms with E-state index in [0.717, 1.165) is 30.2 Å². The van der Waals surface area contributed by atoms with E-state index in [-0.39, 0.29) is 6.10 Å². The molecule has 1 aromatic carbocycles. The summed E-state index contributed by atoms with van der Waals surface area (Å²) in [6.45, 7) is 5.21. The molecule has 0 bridgehead atoms. The number of hydrogen-bond donors (Lipinski definition) is 1. The van der Waals surface area contributed by atoms with Gasteiger partial charge in [0.2, 0.25) is 0 Å². The fourth-order valence-corrected chi connectivity index (χ4v) is 5.61. The van der Waals surface area contributed by atoms with Crippen LogP contribution >= 0.6 is 0 Å². The van der Waals surface area contributed by atoms with E-state index in [0.29, 0.717) is 24.2 Å². The largest absolute Gasteiger partial charge is 0.338 e. The number of rotatable bonds is 11. The van der Waals surface area contributed by atoms with Crippen molar-refractivity contribution in [3.63, 3.8) is 0 Å². The van der Waals surface area contributed by atoms with Gasteiger partial charge >= 0.3 is 0 Å². The fraction of sp³-hybridized carbons (Fsp3) is 0.769. The lowest BCUT2D eigenvalue weighted by atomic mass is 9.76. The van der Waals surface area contributed by atoms with Gasteiger partial charge < -0.3 is 4.89 Å². The summed E-state index contributed by atoms with van der Waals surface area (Å²) >= 11 is 0. The molecule has 30 heavy (non-hydrogen) atoms. The minimum Gasteiger partial charge on any atom is -0.338 e. The van der Waals surface area contributed by atoms with Crippen molar-refractivity contribution in [2.24, 2.45) is 23.7 Å². The van der Waals surface area contributed by atoms with E-state index in [1.807, 2.05) is 24.3 Å². The quantitative estimate of drug-likeness (QED) is 0.295. The van der Waals surface area contributed by atoms with Crippen LogP contribution in [0.3, 0.4) is 0 Å². The van der Waals surface area contributed by atoms with Crippen LogP contribution in [0.15, 0.2) is 24.3 Å². The molecular weight excluding hydrogens is 376 g/mol. The van der Waals surface area contributed by atoms with Crippen molar-refractivity contribution in [3.05, 3.63) is 29.8 Å². The summed E-state index contributed by atoms with van der Waals surface area (Å²) in [4.78, 5) is 16.0. The Morgan fingerprint density at radius 1 is 0.800 bits per heavy atom. The van der Waals surface area contributed by atoms with Gasteiger partial charge in [0.1, 0.15) is 6.10 Å². The van der Waals surface area contributed by atoms with Crippen molar-refractivity contribution >= 4 is 0 Å². The van der Waals surface area contributed by atoms with Gasteiger partial charge in [-0.25, -0.2) is 4.89 Å². The van der Waals surface area contributed by atoms with Crippen molar-refractivity contribution in [1.29, 1.82) is 0 Å². The van der Waals surface area contributed by atoms with Gasteiger partial charge in [-0.1, -0.05) is 77.3 Å². The highest BCUT2D eigenvalue weighted by Gasteiger charge is 2.29. The summed E-state index contributed by atoms with van der Waals surface area (Å²) in [6, 6.07) is 7.83. The topological polar surface area (TPSA) is 47.9 Å². The lowest BCUT2D eigenvalue weighted by molar-refractivity contribution is -0.296. The van der Waals surface area contributed by atoms with E-state index in [1.165, 1.54) is 64.2 Å². The maximum Gasteiger partial charge on any atom is 0.165 e. The lowest BCUT2D eigenvalue weighted by Crippen LogP contribution is -2.22. The zero-order chi connectivity index (χ0) is 21.2. The highest BCUT2D eigenvalue weighted by Crippen LogP contribution is 2.40. The molecule has 0 heterocycles. The molecule has 2 aliphatic carbocycles. The Bertz CT molecular complexity index is 571. The average Bonchev–Trinajstić information content (AvgIpc) is 2.78. The van der Waals surface area contributed by atoms with Gasteiger partial charge in [0.25, 0.3) is 0 Å². The van der Waals surface area contributed by atoms with Gasteiger partial charge in [0, 0.05) is 0 Å². The van der Waals surface area contributed by atoms with Crippen molar-refractivity contribution in [2.45, 2.75) is 97.0 Å². The third-order valence-corrected chi connectivity index (χ3v) is 7.46. The van der Waals surface area contributed by atoms with Crippen LogP contribution in [-0.2, 0) is 9.78 Å². The van der Waals surface area contributed by atoms with Crippen LogP contribution in [0.25, 0.3) is 0 Å². The first-order chi connectivity index (χ1) is 14.7. The Labute approximate surface area is 183 Å². The molecule has 0 radical (unpaired) electrons. The third kappa shape index (κ3) is 6.96. The summed E-state index contributed by atoms with van der Waals surface area (Å²) in [5.74, 6) is 3.48. The molecule has 1 unspecified atom stereocenters. The van der Waals surface area contributed by atoms with Crippen molar-refractivity contribution < 1.29 is 19.9 Å². The summed E-state index contributed by atoms with van der Waals surface area (Å²) < 4.78 is 0. The normalized spacial score (nSPS) is 28.2. The summed E-state index contributed by atoms with van der Waals surface area (Å²) in [5, 5.41) is 9.55. The Morgan fingerprint density at radius 3 is 1.87 bits per heavy atom. The first kappa shape index (κ1) is 23.6. The molecule has 0 aliphatic heterocycles. The molecule has 170 valence electrons. The van der Waals surface area contributed by atoms with Gasteiger partial charge in [0.05, 0.1) is 6.61 Å². The van der Waals surface area contributed by atoms with Gasteiger partial charge in [-0.05, 0) is 67.1 Å². The molecule has 0 saturated heterocycles. The summed E-state index contributed by atoms with van der Waals surface area (Å²) in [7, 11) is 0. The summed E-state index contributed by atoms with van der Waals surface area (Å²) in [5.41, 5.74) is 1.01. The van der Waals surface area contributed by atoms with Crippen molar-refractivity contribution in [1.82, 2.24) is 0 Å². The smallest absolute Gasteiger partial charge is 0.165 e. The summed E-state index contributed by atoms with van der Waals surface area (Å²) in [6.07, 6.45) is 14.9. The van der Waals surface area contributed by atoms with Crippen LogP contribution in [0.5, 0.6) is 5.75 Å². The minimum absolute atomic E-state index is 0.249. The second kappa shape index (κ2) is 12.7. The monoisotopic (exact) mass is 418 g/mol. The van der Waals surface area contributed by atoms with Gasteiger partial charge in [0.15, 0.2) is 5.75 Å². The van der Waals surface area contributed by atoms with Crippen LogP contribution in [0, 0.1) is 23.7 Å². The van der Waals surface area contributed by atoms with Gasteiger partial charge in [-0.2, -0.15) is 4.89 Å². The molecule has 1 aromatic rings. The highest BCUT2D eigenvalue weighted by molar-refractivity contribution is 5.28. The molecule has 4 heteroatoms. The predicted molar refractivity (Wildman–Crippen MR) is 120 cm³/mol. The van der Waals surface area contributed by atoms with E-state index in [1.54, 1.807) is 0 Å². The Hall–Kier alpha value is -1.10. The standard InChI is InChI=1S/C26H42O4/c1-3-5-20-7-9-22(10-8-20)19-28-30-25-17-15-24(16-18-25)26(29-27)23-13-11-21(6-4-2)12-14-23/h15-18,20-23,26-27H,3-14,19H2,1-2H3. The van der Waals surface area contributed by atoms with E-state index in [2.05, 4.69) is 13.8 Å². The van der Waals surface area contributed by atoms with Crippen molar-refractivity contribution in [2.75, 3.05) is 6.61 Å². The molecule has 1 atom stereocenters. The van der Waals surface area contributed by atoms with Crippen molar-refractivity contribution in [3.8, 4) is 5.75 Å². The van der Waals surface area contributed by atoms with Crippen LogP contribution in [0.2, 0.25) is 0 Å². The lowest BCUT2D eigenvalue weighted by Gasteiger charge is -2.32. The Balaban J connectivity index is 1.41. The molecule has 3 rings (SSSR count). The third-order valence-electron chi connectivity index (χ3n) is 7.46. The van der Waals surface area contributed by atoms with Gasteiger partial charge in [-0.3, -0.25) is 5.26 Å². The maximum atomic E-state index is 9.55. The second-order valence-electron chi connectivity index (χ2n) is 9.71. The fourth-order valence-electron chi connectivity index (χ4n) is 5.61. The number of benzene rings is 1. The molecule has 0 amide bonds. The second-order valence-corrected chi connectivity index (χ2v) is 9.71. The molecule has 1 N–H and O–H groups in total. The highest BCUT2D eigenvalue weighted by atomic mass is 17.2. The molecule has 4 nitrogen and oxygen atoms in total. The SMILES string of the molecule is CCCC1CCC(COOc2ccc(C(OO)C3CCC(CCC)CC3)cc2)CC1. The minimum atomic E-state index is -0.249. The Morgan fingerprint density at radius 2 is 1.33 bits per heavy atom. The predicted octanol–water partition coefficient (Wildman–Crippen LogP) is 7.74. The first-order valence-corrected chi connectivity index (χ1v) is 12.4. The molecule has 0 spiro atoms. The van der Waals surface area contributed by atoms with Crippen LogP contribution < -0.4 is 4.89 Å². The van der Waals surface area contributed by atoms with Gasteiger partial charge in [-0.15, -0.1) is 0 Å². The van der Waals surface area contributed by atoms with Crippen LogP contribution in [-0.4, -0.2) is 11.9 Å². The van der Waals surface area contributed by atoms with E-state index >= 15 is 0 Å². The van der Waals surface area contributed by atoms with Crippen LogP contribution in [0.4, 0.5) is 0 Å². The zero-order valence-corrected chi connectivity index (χ0v) is 19.1. The Kier molecular flexibility index (Phi) is 9.96. The first-order valence-electron chi connectivity index (χ1n) is 12.4.